The minimum absolute atomic E-state index is 0. The monoisotopic (exact) mass is 286 g/mol. The zero-order chi connectivity index (χ0) is 7.91. The summed E-state index contributed by atoms with van der Waals surface area (Å²) in [5.74, 6) is 0. The molecule has 58 valence electrons. The molecule has 4 N–H and O–H groups in total. The topological polar surface area (TPSA) is 80.9 Å². The average Bonchev–Trinajstić information content (AvgIpc) is 1.61. The summed E-state index contributed by atoms with van der Waals surface area (Å²) in [6, 6.07) is 0. The summed E-state index contributed by atoms with van der Waals surface area (Å²) in [7, 11) is -4.61. The van der Waals surface area contributed by atoms with Crippen molar-refractivity contribution in [3.8, 4) is 0 Å². The molecular weight excluding hydrogens is 273 g/mol. The summed E-state index contributed by atoms with van der Waals surface area (Å²) in [6.07, 6.45) is 2.28. The quantitative estimate of drug-likeness (QED) is 0.293. The first-order chi connectivity index (χ1) is 3.91. The van der Waals surface area contributed by atoms with Crippen molar-refractivity contribution < 1.29 is 88.1 Å². The summed E-state index contributed by atoms with van der Waals surface area (Å²) in [6.45, 7) is 5.72. The molecule has 0 saturated carbocycles. The molecule has 0 rings (SSSR count). The van der Waals surface area contributed by atoms with E-state index in [2.05, 4.69) is 13.8 Å². The van der Waals surface area contributed by atoms with Crippen LogP contribution in [0.2, 0.25) is 0 Å². The van der Waals surface area contributed by atoms with Crippen molar-refractivity contribution in [2.24, 2.45) is 0 Å². The third-order valence-corrected chi connectivity index (χ3v) is 0.354. The number of rotatable bonds is 1. The first kappa shape index (κ1) is 18.0. The van der Waals surface area contributed by atoms with Gasteiger partial charge in [-0.05, 0) is 0 Å². The van der Waals surface area contributed by atoms with Crippen molar-refractivity contribution in [2.45, 2.75) is 19.8 Å². The maximum Gasteiger partial charge on any atom is 1.00 e. The van der Waals surface area contributed by atoms with Crippen LogP contribution >= 0.6 is 0 Å². The Kier molecular flexibility index (Phi) is 20.0. The van der Waals surface area contributed by atoms with Crippen LogP contribution in [0.25, 0.3) is 0 Å². The SMILES string of the molecule is O[Si](O)(O)O.[CH2-]CCC.[Cs+]. The Morgan fingerprint density at radius 1 is 1.20 bits per heavy atom. The van der Waals surface area contributed by atoms with Crippen molar-refractivity contribution in [1.29, 1.82) is 0 Å². The number of unbranched alkanes of at least 4 members (excludes halogenated alkanes) is 1. The van der Waals surface area contributed by atoms with Gasteiger partial charge in [0.15, 0.2) is 0 Å². The van der Waals surface area contributed by atoms with Gasteiger partial charge in [-0.15, -0.1) is 0 Å². The van der Waals surface area contributed by atoms with Crippen LogP contribution in [0.5, 0.6) is 0 Å². The molecule has 0 atom stereocenters. The molecule has 0 aromatic carbocycles. The number of hydrogen-bond donors (Lipinski definition) is 4. The number of hydrogen-bond acceptors (Lipinski definition) is 4. The fraction of sp³-hybridized carbons (Fsp3) is 0.750. The standard InChI is InChI=1S/C4H9.Cs.H4O4Si/c1-3-4-2;;1-5(2,3)4/h1,3-4H2,2H3;;1-4H/q-1;+1;. The average molecular weight is 286 g/mol. The Morgan fingerprint density at radius 3 is 1.30 bits per heavy atom. The van der Waals surface area contributed by atoms with E-state index in [1.54, 1.807) is 0 Å². The van der Waals surface area contributed by atoms with Gasteiger partial charge in [0.05, 0.1) is 0 Å². The van der Waals surface area contributed by atoms with Gasteiger partial charge >= 0.3 is 77.9 Å². The molecular formula is C4H13CsO4Si. The van der Waals surface area contributed by atoms with Gasteiger partial charge in [-0.3, -0.25) is 0 Å². The van der Waals surface area contributed by atoms with E-state index in [0.717, 1.165) is 6.42 Å². The van der Waals surface area contributed by atoms with Gasteiger partial charge < -0.3 is 26.1 Å². The van der Waals surface area contributed by atoms with Crippen LogP contribution in [0, 0.1) is 6.92 Å². The zero-order valence-electron chi connectivity index (χ0n) is 6.41. The van der Waals surface area contributed by atoms with Crippen LogP contribution in [0.15, 0.2) is 0 Å². The first-order valence-electron chi connectivity index (χ1n) is 2.60. The van der Waals surface area contributed by atoms with E-state index in [4.69, 9.17) is 19.2 Å². The summed E-state index contributed by atoms with van der Waals surface area (Å²) in [5, 5.41) is 0. The fourth-order valence-electron chi connectivity index (χ4n) is 0. The molecule has 0 spiro atoms. The molecule has 0 aromatic rings. The van der Waals surface area contributed by atoms with E-state index >= 15 is 0 Å². The molecule has 0 aliphatic rings. The van der Waals surface area contributed by atoms with Crippen LogP contribution in [-0.2, 0) is 0 Å². The molecule has 0 radical (unpaired) electrons. The Hall–Kier alpha value is 2.11. The van der Waals surface area contributed by atoms with E-state index in [0.29, 0.717) is 0 Å². The molecule has 6 heteroatoms. The predicted octanol–water partition coefficient (Wildman–Crippen LogP) is -3.98. The molecule has 4 nitrogen and oxygen atoms in total. The predicted molar refractivity (Wildman–Crippen MR) is 34.9 cm³/mol. The Balaban J connectivity index is -0.0000000910. The van der Waals surface area contributed by atoms with Crippen molar-refractivity contribution in [3.63, 3.8) is 0 Å². The second-order valence-electron chi connectivity index (χ2n) is 1.45. The molecule has 0 aliphatic heterocycles. The van der Waals surface area contributed by atoms with Gasteiger partial charge in [0.2, 0.25) is 0 Å². The Bertz CT molecular complexity index is 47.7. The molecule has 0 heterocycles. The minimum Gasteiger partial charge on any atom is -0.368 e. The van der Waals surface area contributed by atoms with Gasteiger partial charge in [0, 0.05) is 0 Å². The second kappa shape index (κ2) is 11.1. The third-order valence-electron chi connectivity index (χ3n) is 0.354. The van der Waals surface area contributed by atoms with Gasteiger partial charge in [0.25, 0.3) is 0 Å². The Labute approximate surface area is 121 Å². The van der Waals surface area contributed by atoms with Crippen LogP contribution in [0.4, 0.5) is 0 Å². The molecule has 0 fully saturated rings. The fourth-order valence-corrected chi connectivity index (χ4v) is 0. The smallest absolute Gasteiger partial charge is 0.368 e. The largest absolute Gasteiger partial charge is 1.00 e. The summed E-state index contributed by atoms with van der Waals surface area (Å²) in [5.41, 5.74) is 0. The van der Waals surface area contributed by atoms with Crippen molar-refractivity contribution in [3.05, 3.63) is 6.92 Å². The van der Waals surface area contributed by atoms with Crippen LogP contribution in [0.1, 0.15) is 19.8 Å². The molecule has 0 amide bonds. The van der Waals surface area contributed by atoms with E-state index < -0.39 is 9.05 Å². The molecule has 0 bridgehead atoms. The third kappa shape index (κ3) is 86.8. The summed E-state index contributed by atoms with van der Waals surface area (Å²) in [4.78, 5) is 29.3. The van der Waals surface area contributed by atoms with Gasteiger partial charge in [-0.2, -0.15) is 6.42 Å². The molecule has 10 heavy (non-hydrogen) atoms. The molecule has 0 aliphatic carbocycles. The normalized spacial score (nSPS) is 9.00. The molecule has 0 saturated heterocycles. The maximum absolute atomic E-state index is 7.33. The first-order valence-corrected chi connectivity index (χ1v) is 4.39. The van der Waals surface area contributed by atoms with E-state index in [-0.39, 0.29) is 68.9 Å². The van der Waals surface area contributed by atoms with Crippen LogP contribution in [0.3, 0.4) is 0 Å². The van der Waals surface area contributed by atoms with Crippen molar-refractivity contribution in [1.82, 2.24) is 0 Å². The summed E-state index contributed by atoms with van der Waals surface area (Å²) >= 11 is 0. The van der Waals surface area contributed by atoms with E-state index in [9.17, 15) is 0 Å². The van der Waals surface area contributed by atoms with Crippen molar-refractivity contribution >= 4 is 9.05 Å². The van der Waals surface area contributed by atoms with Crippen molar-refractivity contribution in [2.75, 3.05) is 0 Å². The minimum atomic E-state index is -4.61. The van der Waals surface area contributed by atoms with Gasteiger partial charge in [0.1, 0.15) is 0 Å². The van der Waals surface area contributed by atoms with Crippen LogP contribution < -0.4 is 68.9 Å². The van der Waals surface area contributed by atoms with Crippen LogP contribution in [-0.4, -0.2) is 28.2 Å². The van der Waals surface area contributed by atoms with E-state index in [1.807, 2.05) is 0 Å². The van der Waals surface area contributed by atoms with Gasteiger partial charge in [-0.25, -0.2) is 0 Å². The van der Waals surface area contributed by atoms with E-state index in [1.165, 1.54) is 6.42 Å². The summed E-state index contributed by atoms with van der Waals surface area (Å²) < 4.78 is 0. The molecule has 0 aromatic heterocycles. The maximum atomic E-state index is 7.33. The Morgan fingerprint density at radius 2 is 1.30 bits per heavy atom. The molecule has 0 unspecified atom stereocenters. The second-order valence-corrected chi connectivity index (χ2v) is 2.65. The zero-order valence-corrected chi connectivity index (χ0v) is 13.7. The van der Waals surface area contributed by atoms with Gasteiger partial charge in [-0.1, -0.05) is 13.3 Å².